The zero-order valence-corrected chi connectivity index (χ0v) is 18.1. The van der Waals surface area contributed by atoms with Crippen LogP contribution in [0.3, 0.4) is 0 Å². The number of alkyl halides is 3. The summed E-state index contributed by atoms with van der Waals surface area (Å²) in [7, 11) is 0. The SMILES string of the molecule is N#Cc1ccc2c(C(O)(CCCc3cccnc3)C(F)(F)F)cn(Cc3cccc(F)c3)c2c1. The number of pyridine rings is 1. The Balaban J connectivity index is 1.77. The van der Waals surface area contributed by atoms with Gasteiger partial charge in [0.05, 0.1) is 17.1 Å². The highest BCUT2D eigenvalue weighted by atomic mass is 19.4. The molecule has 2 aromatic carbocycles. The van der Waals surface area contributed by atoms with Gasteiger partial charge in [0.25, 0.3) is 0 Å². The highest BCUT2D eigenvalue weighted by Crippen LogP contribution is 2.46. The third kappa shape index (κ3) is 4.66. The molecule has 0 spiro atoms. The lowest BCUT2D eigenvalue weighted by molar-refractivity contribution is -0.269. The lowest BCUT2D eigenvalue weighted by Gasteiger charge is -2.30. The highest BCUT2D eigenvalue weighted by Gasteiger charge is 2.55. The largest absolute Gasteiger partial charge is 0.421 e. The van der Waals surface area contributed by atoms with Crippen molar-refractivity contribution < 1.29 is 22.7 Å². The fourth-order valence-corrected chi connectivity index (χ4v) is 4.18. The molecule has 34 heavy (non-hydrogen) atoms. The first-order valence-corrected chi connectivity index (χ1v) is 10.7. The van der Waals surface area contributed by atoms with Crippen molar-refractivity contribution in [2.45, 2.75) is 37.6 Å². The van der Waals surface area contributed by atoms with E-state index in [4.69, 9.17) is 0 Å². The van der Waals surface area contributed by atoms with Crippen molar-refractivity contribution in [1.29, 1.82) is 5.26 Å². The summed E-state index contributed by atoms with van der Waals surface area (Å²) in [5.41, 5.74) is -1.45. The van der Waals surface area contributed by atoms with Crippen molar-refractivity contribution in [2.75, 3.05) is 0 Å². The van der Waals surface area contributed by atoms with Crippen LogP contribution in [0.4, 0.5) is 17.6 Å². The van der Waals surface area contributed by atoms with Gasteiger partial charge in [-0.3, -0.25) is 4.98 Å². The molecule has 1 atom stereocenters. The van der Waals surface area contributed by atoms with Crippen molar-refractivity contribution in [3.8, 4) is 6.07 Å². The second-order valence-electron chi connectivity index (χ2n) is 8.22. The number of aliphatic hydroxyl groups is 1. The third-order valence-corrected chi connectivity index (χ3v) is 5.89. The molecule has 0 aliphatic carbocycles. The lowest BCUT2D eigenvalue weighted by atomic mass is 9.87. The van der Waals surface area contributed by atoms with Gasteiger partial charge in [-0.1, -0.05) is 24.3 Å². The number of hydrogen-bond acceptors (Lipinski definition) is 3. The van der Waals surface area contributed by atoms with Crippen LogP contribution < -0.4 is 0 Å². The molecule has 1 N–H and O–H groups in total. The molecule has 0 amide bonds. The third-order valence-electron chi connectivity index (χ3n) is 5.89. The molecule has 0 aliphatic heterocycles. The number of aryl methyl sites for hydroxylation is 1. The number of nitriles is 1. The Labute approximate surface area is 193 Å². The summed E-state index contributed by atoms with van der Waals surface area (Å²) in [6.07, 6.45) is -0.659. The molecule has 8 heteroatoms. The molecule has 0 bridgehead atoms. The summed E-state index contributed by atoms with van der Waals surface area (Å²) in [5, 5.41) is 20.5. The number of benzene rings is 2. The number of hydrogen-bond donors (Lipinski definition) is 1. The molecule has 0 aliphatic rings. The lowest BCUT2D eigenvalue weighted by Crippen LogP contribution is -2.42. The van der Waals surface area contributed by atoms with E-state index in [9.17, 15) is 27.9 Å². The Bertz CT molecular complexity index is 1340. The topological polar surface area (TPSA) is 61.8 Å². The minimum Gasteiger partial charge on any atom is -0.376 e. The van der Waals surface area contributed by atoms with E-state index in [0.29, 0.717) is 17.5 Å². The molecule has 0 saturated carbocycles. The molecule has 4 nitrogen and oxygen atoms in total. The van der Waals surface area contributed by atoms with Crippen molar-refractivity contribution in [3.05, 3.63) is 101 Å². The number of halogens is 4. The Kier molecular flexibility index (Phi) is 6.40. The van der Waals surface area contributed by atoms with Crippen LogP contribution in [0.25, 0.3) is 10.9 Å². The molecular formula is C26H21F4N3O. The number of rotatable bonds is 7. The second kappa shape index (κ2) is 9.27. The Morgan fingerprint density at radius 1 is 1.03 bits per heavy atom. The minimum atomic E-state index is -4.94. The molecular weight excluding hydrogens is 446 g/mol. The van der Waals surface area contributed by atoms with Gasteiger partial charge in [0.1, 0.15) is 5.82 Å². The first kappa shape index (κ1) is 23.5. The molecule has 2 aromatic heterocycles. The van der Waals surface area contributed by atoms with E-state index in [1.54, 1.807) is 30.6 Å². The fourth-order valence-electron chi connectivity index (χ4n) is 4.18. The zero-order valence-electron chi connectivity index (χ0n) is 18.1. The molecule has 174 valence electrons. The van der Waals surface area contributed by atoms with Crippen LogP contribution in [0.5, 0.6) is 0 Å². The van der Waals surface area contributed by atoms with Gasteiger partial charge in [-0.25, -0.2) is 4.39 Å². The highest BCUT2D eigenvalue weighted by molar-refractivity contribution is 5.86. The fraction of sp³-hybridized carbons (Fsp3) is 0.231. The van der Waals surface area contributed by atoms with E-state index in [1.165, 1.54) is 47.2 Å². The van der Waals surface area contributed by atoms with Gasteiger partial charge in [-0.15, -0.1) is 0 Å². The monoisotopic (exact) mass is 467 g/mol. The first-order valence-electron chi connectivity index (χ1n) is 10.7. The summed E-state index contributed by atoms with van der Waals surface area (Å²) >= 11 is 0. The van der Waals surface area contributed by atoms with Crippen LogP contribution in [0.1, 0.15) is 35.1 Å². The molecule has 0 radical (unpaired) electrons. The maximum Gasteiger partial charge on any atom is 0.421 e. The molecule has 4 aromatic rings. The Morgan fingerprint density at radius 2 is 1.82 bits per heavy atom. The molecule has 2 heterocycles. The summed E-state index contributed by atoms with van der Waals surface area (Å²) in [5.74, 6) is -0.464. The van der Waals surface area contributed by atoms with Crippen molar-refractivity contribution >= 4 is 10.9 Å². The Morgan fingerprint density at radius 3 is 2.50 bits per heavy atom. The van der Waals surface area contributed by atoms with Crippen molar-refractivity contribution in [2.24, 2.45) is 0 Å². The zero-order chi connectivity index (χ0) is 24.3. The van der Waals surface area contributed by atoms with Crippen LogP contribution in [0.2, 0.25) is 0 Å². The van der Waals surface area contributed by atoms with Crippen LogP contribution in [0, 0.1) is 17.1 Å². The average Bonchev–Trinajstić information content (AvgIpc) is 3.17. The van der Waals surface area contributed by atoms with Crippen LogP contribution in [0.15, 0.2) is 73.2 Å². The number of fused-ring (bicyclic) bond motifs is 1. The van der Waals surface area contributed by atoms with E-state index in [2.05, 4.69) is 4.98 Å². The van der Waals surface area contributed by atoms with E-state index >= 15 is 0 Å². The van der Waals surface area contributed by atoms with Gasteiger partial charge in [0.2, 0.25) is 0 Å². The Hall–Kier alpha value is -3.70. The maximum atomic E-state index is 14.3. The van der Waals surface area contributed by atoms with E-state index < -0.39 is 24.0 Å². The molecule has 1 unspecified atom stereocenters. The van der Waals surface area contributed by atoms with E-state index in [1.807, 2.05) is 6.07 Å². The summed E-state index contributed by atoms with van der Waals surface area (Å²) in [4.78, 5) is 3.97. The average molecular weight is 467 g/mol. The molecule has 0 saturated heterocycles. The van der Waals surface area contributed by atoms with Gasteiger partial charge in [0.15, 0.2) is 5.60 Å². The van der Waals surface area contributed by atoms with Gasteiger partial charge in [-0.2, -0.15) is 18.4 Å². The first-order chi connectivity index (χ1) is 16.2. The summed E-state index contributed by atoms with van der Waals surface area (Å²) < 4.78 is 58.1. The summed E-state index contributed by atoms with van der Waals surface area (Å²) in [6.45, 7) is 0.0762. The normalized spacial score (nSPS) is 13.5. The predicted molar refractivity (Wildman–Crippen MR) is 119 cm³/mol. The standard InChI is InChI=1S/C26H21F4N3O/c27-21-7-1-4-20(12-21)16-33-17-23(22-9-8-19(14-31)13-24(22)33)25(34,26(28,29)30)10-2-5-18-6-3-11-32-15-18/h1,3-4,6-9,11-13,15,17,34H,2,5,10,16H2. The van der Waals surface area contributed by atoms with Gasteiger partial charge in [-0.05, 0) is 60.7 Å². The number of aromatic nitrogens is 2. The quantitative estimate of drug-likeness (QED) is 0.346. The van der Waals surface area contributed by atoms with Crippen molar-refractivity contribution in [3.63, 3.8) is 0 Å². The van der Waals surface area contributed by atoms with E-state index in [-0.39, 0.29) is 29.5 Å². The van der Waals surface area contributed by atoms with E-state index in [0.717, 1.165) is 5.56 Å². The van der Waals surface area contributed by atoms with Gasteiger partial charge >= 0.3 is 6.18 Å². The number of nitrogens with zero attached hydrogens (tertiary/aromatic N) is 3. The van der Waals surface area contributed by atoms with Crippen LogP contribution in [-0.2, 0) is 18.6 Å². The van der Waals surface area contributed by atoms with Gasteiger partial charge < -0.3 is 9.67 Å². The molecule has 4 rings (SSSR count). The second-order valence-corrected chi connectivity index (χ2v) is 8.22. The van der Waals surface area contributed by atoms with Crippen LogP contribution >= 0.6 is 0 Å². The van der Waals surface area contributed by atoms with Gasteiger partial charge in [0, 0.05) is 36.1 Å². The smallest absolute Gasteiger partial charge is 0.376 e. The predicted octanol–water partition coefficient (Wildman–Crippen LogP) is 5.87. The van der Waals surface area contributed by atoms with Crippen molar-refractivity contribution in [1.82, 2.24) is 9.55 Å². The van der Waals surface area contributed by atoms with Crippen LogP contribution in [-0.4, -0.2) is 20.8 Å². The molecule has 0 fully saturated rings. The summed E-state index contributed by atoms with van der Waals surface area (Å²) in [6, 6.07) is 15.5. The maximum absolute atomic E-state index is 14.3. The minimum absolute atomic E-state index is 0.0762.